The van der Waals surface area contributed by atoms with Gasteiger partial charge in [-0.1, -0.05) is 0 Å². The predicted octanol–water partition coefficient (Wildman–Crippen LogP) is 2.81. The van der Waals surface area contributed by atoms with E-state index in [-0.39, 0.29) is 30.4 Å². The maximum Gasteiger partial charge on any atom is 0.255 e. The molecule has 3 aromatic heterocycles. The van der Waals surface area contributed by atoms with Crippen LogP contribution in [0.4, 0.5) is 4.39 Å². The Balaban J connectivity index is 1.64. The van der Waals surface area contributed by atoms with Gasteiger partial charge in [-0.15, -0.1) is 10.2 Å². The van der Waals surface area contributed by atoms with Crippen LogP contribution in [0.2, 0.25) is 0 Å². The highest BCUT2D eigenvalue weighted by molar-refractivity contribution is 5.66. The van der Waals surface area contributed by atoms with Crippen LogP contribution in [-0.4, -0.2) is 38.2 Å². The molecule has 0 N–H and O–H groups in total. The van der Waals surface area contributed by atoms with Gasteiger partial charge in [0.05, 0.1) is 12.2 Å². The zero-order valence-corrected chi connectivity index (χ0v) is 14.7. The van der Waals surface area contributed by atoms with E-state index in [9.17, 15) is 0 Å². The highest BCUT2D eigenvalue weighted by atomic mass is 19.1. The van der Waals surface area contributed by atoms with E-state index in [2.05, 4.69) is 20.2 Å². The third kappa shape index (κ3) is 3.26. The van der Waals surface area contributed by atoms with Crippen molar-refractivity contribution in [3.63, 3.8) is 0 Å². The molecule has 0 spiro atoms. The fourth-order valence-corrected chi connectivity index (χ4v) is 3.16. The summed E-state index contributed by atoms with van der Waals surface area (Å²) in [6.45, 7) is 0.425. The predicted molar refractivity (Wildman–Crippen MR) is 94.7 cm³/mol. The van der Waals surface area contributed by atoms with Crippen LogP contribution in [-0.2, 0) is 5.67 Å². The lowest BCUT2D eigenvalue weighted by atomic mass is 9.95. The molecule has 4 rings (SSSR count). The van der Waals surface area contributed by atoms with Gasteiger partial charge in [0.15, 0.2) is 6.19 Å². The van der Waals surface area contributed by atoms with Crippen LogP contribution >= 0.6 is 0 Å². The van der Waals surface area contributed by atoms with Crippen LogP contribution in [0, 0.1) is 22.8 Å². The molecule has 0 aliphatic carbocycles. The maximum absolute atomic E-state index is 15.3. The Bertz CT molecular complexity index is 1100. The summed E-state index contributed by atoms with van der Waals surface area (Å²) in [5, 5.41) is 25.9. The summed E-state index contributed by atoms with van der Waals surface area (Å²) in [5.74, 6) is 0.0378. The smallest absolute Gasteiger partial charge is 0.255 e. The number of nitrogens with zero attached hydrogens (tertiary/aromatic N) is 7. The van der Waals surface area contributed by atoms with Crippen LogP contribution in [0.3, 0.4) is 0 Å². The van der Waals surface area contributed by atoms with E-state index in [1.54, 1.807) is 30.5 Å². The van der Waals surface area contributed by atoms with E-state index >= 15 is 4.39 Å². The van der Waals surface area contributed by atoms with Gasteiger partial charge in [0.2, 0.25) is 11.6 Å². The van der Waals surface area contributed by atoms with E-state index in [4.69, 9.17) is 14.9 Å². The summed E-state index contributed by atoms with van der Waals surface area (Å²) in [7, 11) is 0. The van der Waals surface area contributed by atoms with Crippen molar-refractivity contribution in [1.29, 1.82) is 10.5 Å². The first kappa shape index (κ1) is 17.6. The van der Waals surface area contributed by atoms with E-state index in [1.807, 2.05) is 12.3 Å². The quantitative estimate of drug-likeness (QED) is 0.642. The second-order valence-electron chi connectivity index (χ2n) is 6.47. The van der Waals surface area contributed by atoms with Crippen molar-refractivity contribution in [3.05, 3.63) is 48.2 Å². The number of likely N-dealkylation sites (tertiary alicyclic amines) is 1. The molecule has 0 saturated carbocycles. The molecule has 3 aromatic rings. The van der Waals surface area contributed by atoms with Crippen molar-refractivity contribution in [1.82, 2.24) is 25.1 Å². The van der Waals surface area contributed by atoms with Crippen LogP contribution in [0.1, 0.15) is 24.4 Å². The van der Waals surface area contributed by atoms with Crippen LogP contribution in [0.15, 0.2) is 41.1 Å². The summed E-state index contributed by atoms with van der Waals surface area (Å²) in [5.41, 5.74) is 0.326. The minimum absolute atomic E-state index is 0.0965. The number of rotatable bonds is 3. The summed E-state index contributed by atoms with van der Waals surface area (Å²) in [4.78, 5) is 9.59. The zero-order chi connectivity index (χ0) is 19.6. The van der Waals surface area contributed by atoms with Gasteiger partial charge >= 0.3 is 0 Å². The molecule has 4 heterocycles. The number of aromatic nitrogens is 4. The molecule has 0 bridgehead atoms. The zero-order valence-electron chi connectivity index (χ0n) is 14.7. The highest BCUT2D eigenvalue weighted by Crippen LogP contribution is 2.36. The molecule has 1 fully saturated rings. The largest absolute Gasteiger partial charge is 0.417 e. The van der Waals surface area contributed by atoms with E-state index in [0.29, 0.717) is 29.8 Å². The minimum atomic E-state index is -1.85. The third-order valence-corrected chi connectivity index (χ3v) is 4.57. The Morgan fingerprint density at radius 1 is 1.11 bits per heavy atom. The number of hydrogen-bond donors (Lipinski definition) is 0. The Labute approximate surface area is 159 Å². The average molecular weight is 375 g/mol. The molecule has 1 saturated heterocycles. The fraction of sp³-hybridized carbons (Fsp3) is 0.263. The van der Waals surface area contributed by atoms with Crippen molar-refractivity contribution in [2.45, 2.75) is 18.5 Å². The van der Waals surface area contributed by atoms with Gasteiger partial charge in [0.1, 0.15) is 11.8 Å². The molecule has 1 aliphatic heterocycles. The van der Waals surface area contributed by atoms with E-state index in [1.165, 1.54) is 11.1 Å². The number of alkyl halides is 1. The monoisotopic (exact) mass is 375 g/mol. The van der Waals surface area contributed by atoms with Gasteiger partial charge in [-0.3, -0.25) is 4.98 Å². The molecule has 0 unspecified atom stereocenters. The Hall–Kier alpha value is -3.85. The third-order valence-electron chi connectivity index (χ3n) is 4.57. The molecular formula is C19H14FN7O. The summed E-state index contributed by atoms with van der Waals surface area (Å²) < 4.78 is 20.9. The first-order valence-corrected chi connectivity index (χ1v) is 8.62. The molecule has 8 nitrogen and oxygen atoms in total. The highest BCUT2D eigenvalue weighted by Gasteiger charge is 2.42. The van der Waals surface area contributed by atoms with Gasteiger partial charge in [-0.2, -0.15) is 10.5 Å². The molecule has 1 atom stereocenters. The topological polar surface area (TPSA) is 116 Å². The van der Waals surface area contributed by atoms with Gasteiger partial charge in [-0.05, 0) is 37.1 Å². The van der Waals surface area contributed by atoms with Gasteiger partial charge in [0.25, 0.3) is 5.89 Å². The number of halogens is 1. The summed E-state index contributed by atoms with van der Waals surface area (Å²) in [6.07, 6.45) is 5.83. The van der Waals surface area contributed by atoms with Crippen molar-refractivity contribution < 1.29 is 8.81 Å². The Morgan fingerprint density at radius 3 is 2.75 bits per heavy atom. The van der Waals surface area contributed by atoms with Gasteiger partial charge in [-0.25, -0.2) is 9.37 Å². The van der Waals surface area contributed by atoms with Crippen LogP contribution in [0.25, 0.3) is 22.7 Å². The molecule has 138 valence electrons. The second-order valence-corrected chi connectivity index (χ2v) is 6.47. The molecule has 0 amide bonds. The van der Waals surface area contributed by atoms with Crippen molar-refractivity contribution in [3.8, 4) is 35.0 Å². The molecular weight excluding hydrogens is 361 g/mol. The first-order valence-electron chi connectivity index (χ1n) is 8.62. The van der Waals surface area contributed by atoms with E-state index in [0.717, 1.165) is 0 Å². The number of hydrogen-bond acceptors (Lipinski definition) is 8. The molecule has 0 aromatic carbocycles. The number of nitriles is 2. The van der Waals surface area contributed by atoms with E-state index < -0.39 is 5.67 Å². The number of piperidine rings is 1. The fourth-order valence-electron chi connectivity index (χ4n) is 3.16. The Kier molecular flexibility index (Phi) is 4.42. The standard InChI is InChI=1S/C19H14FN7O/c20-19(4-1-7-27(11-19)12-22)18-26-25-17(28-18)14-3-6-24-16(9-14)13-2-5-23-15(8-13)10-21/h2-3,5-6,8-9H,1,4,7,11H2/t19-/m1/s1. The number of pyridine rings is 2. The normalized spacial score (nSPS) is 19.0. The average Bonchev–Trinajstić information content (AvgIpc) is 3.25. The lowest BCUT2D eigenvalue weighted by molar-refractivity contribution is 0.0439. The summed E-state index contributed by atoms with van der Waals surface area (Å²) >= 11 is 0. The minimum Gasteiger partial charge on any atom is -0.417 e. The van der Waals surface area contributed by atoms with Crippen LogP contribution < -0.4 is 0 Å². The van der Waals surface area contributed by atoms with Crippen molar-refractivity contribution >= 4 is 0 Å². The van der Waals surface area contributed by atoms with Gasteiger partial charge in [0, 0.05) is 30.1 Å². The molecule has 9 heteroatoms. The summed E-state index contributed by atoms with van der Waals surface area (Å²) in [6, 6.07) is 8.75. The lowest BCUT2D eigenvalue weighted by Gasteiger charge is -2.31. The van der Waals surface area contributed by atoms with Gasteiger partial charge < -0.3 is 9.32 Å². The SMILES string of the molecule is N#Cc1cc(-c2cc(-c3nnc([C@@]4(F)CCCN(C#N)C4)o3)ccn2)ccn1. The van der Waals surface area contributed by atoms with Crippen molar-refractivity contribution in [2.75, 3.05) is 13.1 Å². The maximum atomic E-state index is 15.3. The lowest BCUT2D eigenvalue weighted by Crippen LogP contribution is -2.41. The molecule has 0 radical (unpaired) electrons. The Morgan fingerprint density at radius 2 is 1.93 bits per heavy atom. The second kappa shape index (κ2) is 7.05. The molecule has 28 heavy (non-hydrogen) atoms. The first-order chi connectivity index (χ1) is 13.6. The van der Waals surface area contributed by atoms with Crippen LogP contribution in [0.5, 0.6) is 0 Å². The molecule has 1 aliphatic rings. The van der Waals surface area contributed by atoms with Crippen molar-refractivity contribution in [2.24, 2.45) is 0 Å².